The number of nitrogens with two attached hydrogens (primary N) is 1. The fourth-order valence-electron chi connectivity index (χ4n) is 3.37. The number of piperazine rings is 1. The highest BCUT2D eigenvalue weighted by atomic mass is 32.2. The lowest BCUT2D eigenvalue weighted by atomic mass is 9.97. The minimum Gasteiger partial charge on any atom is -0.393 e. The molecule has 0 aromatic carbocycles. The predicted molar refractivity (Wildman–Crippen MR) is 113 cm³/mol. The van der Waals surface area contributed by atoms with E-state index >= 15 is 0 Å². The van der Waals surface area contributed by atoms with E-state index in [2.05, 4.69) is 26.8 Å². The molecule has 0 radical (unpaired) electrons. The van der Waals surface area contributed by atoms with Gasteiger partial charge in [0, 0.05) is 50.2 Å². The Morgan fingerprint density at radius 1 is 1.27 bits per heavy atom. The molecule has 3 unspecified atom stereocenters. The van der Waals surface area contributed by atoms with Crippen molar-refractivity contribution in [2.75, 3.05) is 31.1 Å². The van der Waals surface area contributed by atoms with Crippen LogP contribution in [0.5, 0.6) is 0 Å². The molecule has 1 aromatic rings. The number of halogens is 3. The van der Waals surface area contributed by atoms with Crippen molar-refractivity contribution in [2.45, 2.75) is 37.3 Å². The van der Waals surface area contributed by atoms with Crippen molar-refractivity contribution in [3.05, 3.63) is 28.9 Å². The zero-order chi connectivity index (χ0) is 24.4. The smallest absolute Gasteiger partial charge is 0.393 e. The van der Waals surface area contributed by atoms with E-state index in [1.807, 2.05) is 0 Å². The first-order valence-electron chi connectivity index (χ1n) is 9.84. The lowest BCUT2D eigenvalue weighted by Crippen LogP contribution is -2.55. The van der Waals surface area contributed by atoms with Gasteiger partial charge in [0.15, 0.2) is 0 Å². The van der Waals surface area contributed by atoms with Crippen LogP contribution in [0.3, 0.4) is 0 Å². The molecule has 3 rings (SSSR count). The van der Waals surface area contributed by atoms with Gasteiger partial charge in [0.2, 0.25) is 21.6 Å². The molecule has 1 fully saturated rings. The third-order valence-electron chi connectivity index (χ3n) is 5.32. The number of alkyl halides is 3. The van der Waals surface area contributed by atoms with Gasteiger partial charge in [-0.05, 0) is 6.92 Å². The van der Waals surface area contributed by atoms with Crippen LogP contribution in [0.1, 0.15) is 18.9 Å². The number of rotatable bonds is 5. The summed E-state index contributed by atoms with van der Waals surface area (Å²) in [5.74, 6) is 5.59. The maximum absolute atomic E-state index is 13.2. The molecule has 0 amide bonds. The first-order chi connectivity index (χ1) is 15.4. The molecule has 14 heteroatoms. The molecule has 4 N–H and O–H groups in total. The Labute approximate surface area is 188 Å². The van der Waals surface area contributed by atoms with Crippen molar-refractivity contribution in [3.8, 4) is 11.8 Å². The zero-order valence-electron chi connectivity index (χ0n) is 17.6. The summed E-state index contributed by atoms with van der Waals surface area (Å²) in [6, 6.07) is -0.674. The molecule has 2 aliphatic heterocycles. The highest BCUT2D eigenvalue weighted by Gasteiger charge is 2.55. The van der Waals surface area contributed by atoms with Gasteiger partial charge in [0.1, 0.15) is 12.2 Å². The fourth-order valence-corrected chi connectivity index (χ4v) is 4.83. The van der Waals surface area contributed by atoms with Crippen LogP contribution in [0.15, 0.2) is 28.4 Å². The van der Waals surface area contributed by atoms with Gasteiger partial charge >= 0.3 is 6.18 Å². The first-order valence-corrected chi connectivity index (χ1v) is 11.3. The van der Waals surface area contributed by atoms with Crippen LogP contribution in [-0.2, 0) is 15.6 Å². The van der Waals surface area contributed by atoms with Crippen LogP contribution in [0.25, 0.3) is 0 Å². The SMILES string of the molecule is CC#CC1CN(S(=O)(=O)C2=CCC(N)N=C2)CCN1c1ncc(C(O)(CO)C(F)(F)F)cn1. The summed E-state index contributed by atoms with van der Waals surface area (Å²) in [7, 11) is -3.84. The molecule has 0 spiro atoms. The monoisotopic (exact) mass is 488 g/mol. The van der Waals surface area contributed by atoms with Crippen LogP contribution in [0.4, 0.5) is 19.1 Å². The third kappa shape index (κ3) is 4.87. The van der Waals surface area contributed by atoms with E-state index in [9.17, 15) is 26.7 Å². The molecule has 3 atom stereocenters. The van der Waals surface area contributed by atoms with E-state index in [0.717, 1.165) is 12.4 Å². The average molecular weight is 488 g/mol. The summed E-state index contributed by atoms with van der Waals surface area (Å²) in [5.41, 5.74) is 1.43. The summed E-state index contributed by atoms with van der Waals surface area (Å²) in [6.07, 6.45) is -1.05. The standard InChI is InChI=1S/C19H23F3N6O4S/c1-2-3-14-11-27(33(31,32)15-4-5-16(23)24-10-15)6-7-28(14)17-25-8-13(9-26-17)18(30,12-29)19(20,21)22/h4,8-10,14,16,29-30H,5-7,11-12,23H2,1H3. The van der Waals surface area contributed by atoms with Crippen molar-refractivity contribution in [1.82, 2.24) is 14.3 Å². The summed E-state index contributed by atoms with van der Waals surface area (Å²) in [6.45, 7) is 0.109. The molecular weight excluding hydrogens is 465 g/mol. The summed E-state index contributed by atoms with van der Waals surface area (Å²) in [5, 5.41) is 18.9. The Balaban J connectivity index is 1.83. The Morgan fingerprint density at radius 2 is 1.94 bits per heavy atom. The third-order valence-corrected chi connectivity index (χ3v) is 7.20. The number of aromatic nitrogens is 2. The van der Waals surface area contributed by atoms with E-state index in [-0.39, 0.29) is 30.5 Å². The largest absolute Gasteiger partial charge is 0.423 e. The number of hydrogen-bond acceptors (Lipinski definition) is 9. The van der Waals surface area contributed by atoms with E-state index in [1.54, 1.807) is 11.8 Å². The molecule has 180 valence electrons. The Kier molecular flexibility index (Phi) is 7.10. The van der Waals surface area contributed by atoms with Crippen LogP contribution >= 0.6 is 0 Å². The first kappa shape index (κ1) is 25.1. The van der Waals surface area contributed by atoms with E-state index in [1.165, 1.54) is 16.6 Å². The zero-order valence-corrected chi connectivity index (χ0v) is 18.4. The second-order valence-corrected chi connectivity index (χ2v) is 9.38. The van der Waals surface area contributed by atoms with Crippen LogP contribution < -0.4 is 10.6 Å². The summed E-state index contributed by atoms with van der Waals surface area (Å²) >= 11 is 0. The lowest BCUT2D eigenvalue weighted by molar-refractivity contribution is -0.277. The number of sulfonamides is 1. The molecule has 0 saturated carbocycles. The topological polar surface area (TPSA) is 145 Å². The molecule has 1 saturated heterocycles. The predicted octanol–water partition coefficient (Wildman–Crippen LogP) is -0.294. The van der Waals surface area contributed by atoms with Gasteiger partial charge in [-0.15, -0.1) is 5.92 Å². The van der Waals surface area contributed by atoms with Gasteiger partial charge in [0.25, 0.3) is 0 Å². The Hall–Kier alpha value is -2.57. The molecule has 0 bridgehead atoms. The van der Waals surface area contributed by atoms with Crippen molar-refractivity contribution >= 4 is 22.2 Å². The van der Waals surface area contributed by atoms with Crippen LogP contribution in [0, 0.1) is 11.8 Å². The van der Waals surface area contributed by atoms with Gasteiger partial charge in [-0.3, -0.25) is 4.99 Å². The van der Waals surface area contributed by atoms with Crippen LogP contribution in [-0.4, -0.2) is 83.7 Å². The quantitative estimate of drug-likeness (QED) is 0.480. The van der Waals surface area contributed by atoms with E-state index < -0.39 is 46.2 Å². The maximum Gasteiger partial charge on any atom is 0.423 e. The second kappa shape index (κ2) is 9.35. The van der Waals surface area contributed by atoms with Crippen LogP contribution in [0.2, 0.25) is 0 Å². The minimum atomic E-state index is -5.14. The number of nitrogens with zero attached hydrogens (tertiary/aromatic N) is 5. The second-order valence-electron chi connectivity index (χ2n) is 7.44. The lowest BCUT2D eigenvalue weighted by Gasteiger charge is -2.38. The van der Waals surface area contributed by atoms with Crippen molar-refractivity contribution in [1.29, 1.82) is 0 Å². The van der Waals surface area contributed by atoms with Crippen molar-refractivity contribution in [3.63, 3.8) is 0 Å². The van der Waals surface area contributed by atoms with Gasteiger partial charge in [-0.2, -0.15) is 17.5 Å². The molecule has 10 nitrogen and oxygen atoms in total. The Bertz CT molecular complexity index is 1100. The van der Waals surface area contributed by atoms with Crippen molar-refractivity contribution < 1.29 is 31.8 Å². The van der Waals surface area contributed by atoms with Gasteiger partial charge < -0.3 is 20.8 Å². The summed E-state index contributed by atoms with van der Waals surface area (Å²) < 4.78 is 66.7. The molecule has 0 aliphatic carbocycles. The number of aliphatic hydroxyl groups is 2. The number of anilines is 1. The molecule has 2 aliphatic rings. The molecule has 33 heavy (non-hydrogen) atoms. The molecule has 1 aromatic heterocycles. The van der Waals surface area contributed by atoms with Gasteiger partial charge in [-0.25, -0.2) is 18.4 Å². The molecular formula is C19H23F3N6O4S. The normalized spacial score (nSPS) is 24.0. The fraction of sp³-hybridized carbons (Fsp3) is 0.526. The summed E-state index contributed by atoms with van der Waals surface area (Å²) in [4.78, 5) is 13.4. The van der Waals surface area contributed by atoms with Crippen molar-refractivity contribution in [2.24, 2.45) is 10.7 Å². The highest BCUT2D eigenvalue weighted by molar-refractivity contribution is 7.93. The maximum atomic E-state index is 13.2. The average Bonchev–Trinajstić information content (AvgIpc) is 2.78. The molecule has 3 heterocycles. The number of hydrogen-bond donors (Lipinski definition) is 3. The Morgan fingerprint density at radius 3 is 2.45 bits per heavy atom. The van der Waals surface area contributed by atoms with E-state index in [0.29, 0.717) is 6.42 Å². The minimum absolute atomic E-state index is 0.00966. The van der Waals surface area contributed by atoms with Gasteiger partial charge in [0.05, 0.1) is 11.5 Å². The van der Waals surface area contributed by atoms with E-state index in [4.69, 9.17) is 10.8 Å². The van der Waals surface area contributed by atoms with Gasteiger partial charge in [-0.1, -0.05) is 12.0 Å². The highest BCUT2D eigenvalue weighted by Crippen LogP contribution is 2.38. The number of dihydropyridines is 1. The number of aliphatic hydroxyl groups excluding tert-OH is 1. The number of aliphatic imine (C=N–C) groups is 1. The number of allylic oxidation sites excluding steroid dienone is 1.